The molecule has 1 aliphatic rings. The molecular formula is C13H17NO2. The number of aliphatic hydroxyl groups is 1. The SMILES string of the molecule is Cc1cc(C=O)ccc1N(CCO)C1CC1. The molecule has 1 fully saturated rings. The van der Waals surface area contributed by atoms with E-state index in [-0.39, 0.29) is 6.61 Å². The third kappa shape index (κ3) is 2.25. The molecule has 0 aromatic heterocycles. The molecule has 0 bridgehead atoms. The second-order valence-corrected chi connectivity index (χ2v) is 4.31. The number of hydrogen-bond acceptors (Lipinski definition) is 3. The minimum Gasteiger partial charge on any atom is -0.395 e. The Morgan fingerprint density at radius 3 is 2.75 bits per heavy atom. The highest BCUT2D eigenvalue weighted by molar-refractivity contribution is 5.77. The monoisotopic (exact) mass is 219 g/mol. The Morgan fingerprint density at radius 1 is 1.50 bits per heavy atom. The van der Waals surface area contributed by atoms with Gasteiger partial charge in [0.05, 0.1) is 6.61 Å². The van der Waals surface area contributed by atoms with Crippen molar-refractivity contribution in [2.75, 3.05) is 18.1 Å². The number of anilines is 1. The summed E-state index contributed by atoms with van der Waals surface area (Å²) < 4.78 is 0. The third-order valence-electron chi connectivity index (χ3n) is 2.99. The minimum absolute atomic E-state index is 0.172. The Kier molecular flexibility index (Phi) is 3.25. The Bertz CT molecular complexity index is 386. The number of rotatable bonds is 5. The summed E-state index contributed by atoms with van der Waals surface area (Å²) in [4.78, 5) is 12.9. The van der Waals surface area contributed by atoms with Crippen molar-refractivity contribution in [3.8, 4) is 0 Å². The molecule has 0 amide bonds. The van der Waals surface area contributed by atoms with Gasteiger partial charge in [-0.15, -0.1) is 0 Å². The summed E-state index contributed by atoms with van der Waals surface area (Å²) in [5.41, 5.74) is 2.95. The second-order valence-electron chi connectivity index (χ2n) is 4.31. The van der Waals surface area contributed by atoms with Crippen molar-refractivity contribution in [1.82, 2.24) is 0 Å². The minimum atomic E-state index is 0.172. The van der Waals surface area contributed by atoms with Crippen LogP contribution in [0.15, 0.2) is 18.2 Å². The van der Waals surface area contributed by atoms with E-state index >= 15 is 0 Å². The van der Waals surface area contributed by atoms with E-state index in [2.05, 4.69) is 4.90 Å². The number of carbonyl (C=O) groups excluding carboxylic acids is 1. The molecule has 3 nitrogen and oxygen atoms in total. The zero-order valence-electron chi connectivity index (χ0n) is 9.52. The predicted octanol–water partition coefficient (Wildman–Crippen LogP) is 1.77. The fraction of sp³-hybridized carbons (Fsp3) is 0.462. The standard InChI is InChI=1S/C13H17NO2/c1-10-8-11(9-16)2-5-13(10)14(6-7-15)12-3-4-12/h2,5,8-9,12,15H,3-4,6-7H2,1H3. The van der Waals surface area contributed by atoms with Gasteiger partial charge in [0.1, 0.15) is 6.29 Å². The quantitative estimate of drug-likeness (QED) is 0.767. The van der Waals surface area contributed by atoms with Gasteiger partial charge >= 0.3 is 0 Å². The maximum Gasteiger partial charge on any atom is 0.150 e. The summed E-state index contributed by atoms with van der Waals surface area (Å²) in [5.74, 6) is 0. The van der Waals surface area contributed by atoms with E-state index in [4.69, 9.17) is 5.11 Å². The Labute approximate surface area is 95.7 Å². The van der Waals surface area contributed by atoms with E-state index < -0.39 is 0 Å². The van der Waals surface area contributed by atoms with Crippen LogP contribution in [-0.2, 0) is 0 Å². The van der Waals surface area contributed by atoms with Crippen molar-refractivity contribution >= 4 is 12.0 Å². The van der Waals surface area contributed by atoms with Crippen LogP contribution in [0.5, 0.6) is 0 Å². The highest BCUT2D eigenvalue weighted by atomic mass is 16.3. The van der Waals surface area contributed by atoms with Gasteiger partial charge in [0.15, 0.2) is 0 Å². The second kappa shape index (κ2) is 4.66. The van der Waals surface area contributed by atoms with Crippen molar-refractivity contribution in [2.24, 2.45) is 0 Å². The Balaban J connectivity index is 2.26. The predicted molar refractivity (Wildman–Crippen MR) is 64.0 cm³/mol. The Morgan fingerprint density at radius 2 is 2.25 bits per heavy atom. The van der Waals surface area contributed by atoms with Crippen LogP contribution in [0.25, 0.3) is 0 Å². The molecule has 1 aromatic rings. The molecule has 1 aliphatic carbocycles. The summed E-state index contributed by atoms with van der Waals surface area (Å²) in [6.07, 6.45) is 3.27. The molecule has 0 saturated heterocycles. The normalized spacial score (nSPS) is 14.9. The Hall–Kier alpha value is -1.35. The lowest BCUT2D eigenvalue weighted by atomic mass is 10.1. The molecule has 2 rings (SSSR count). The van der Waals surface area contributed by atoms with E-state index in [0.29, 0.717) is 18.2 Å². The first-order valence-corrected chi connectivity index (χ1v) is 5.69. The molecule has 0 atom stereocenters. The van der Waals surface area contributed by atoms with Gasteiger partial charge < -0.3 is 10.0 Å². The van der Waals surface area contributed by atoms with Gasteiger partial charge in [0.25, 0.3) is 0 Å². The smallest absolute Gasteiger partial charge is 0.150 e. The lowest BCUT2D eigenvalue weighted by Gasteiger charge is -2.25. The van der Waals surface area contributed by atoms with Crippen LogP contribution in [0.2, 0.25) is 0 Å². The summed E-state index contributed by atoms with van der Waals surface area (Å²) >= 11 is 0. The lowest BCUT2D eigenvalue weighted by molar-refractivity contribution is 0.112. The molecule has 0 aliphatic heterocycles. The molecule has 86 valence electrons. The summed E-state index contributed by atoms with van der Waals surface area (Å²) in [7, 11) is 0. The van der Waals surface area contributed by atoms with Gasteiger partial charge in [-0.2, -0.15) is 0 Å². The van der Waals surface area contributed by atoms with Crippen LogP contribution in [0.3, 0.4) is 0 Å². The molecule has 0 heterocycles. The van der Waals surface area contributed by atoms with Crippen molar-refractivity contribution in [2.45, 2.75) is 25.8 Å². The van der Waals surface area contributed by atoms with Gasteiger partial charge in [0.2, 0.25) is 0 Å². The molecule has 1 N–H and O–H groups in total. The highest BCUT2D eigenvalue weighted by Crippen LogP contribution is 2.33. The van der Waals surface area contributed by atoms with Gasteiger partial charge in [-0.1, -0.05) is 0 Å². The molecule has 1 aromatic carbocycles. The van der Waals surface area contributed by atoms with Crippen molar-refractivity contribution in [3.63, 3.8) is 0 Å². The van der Waals surface area contributed by atoms with Gasteiger partial charge in [-0.25, -0.2) is 0 Å². The third-order valence-corrected chi connectivity index (χ3v) is 2.99. The van der Waals surface area contributed by atoms with Crippen molar-refractivity contribution < 1.29 is 9.90 Å². The van der Waals surface area contributed by atoms with E-state index in [9.17, 15) is 4.79 Å². The van der Waals surface area contributed by atoms with Crippen LogP contribution >= 0.6 is 0 Å². The number of benzene rings is 1. The molecule has 0 unspecified atom stereocenters. The highest BCUT2D eigenvalue weighted by Gasteiger charge is 2.29. The largest absolute Gasteiger partial charge is 0.395 e. The van der Waals surface area contributed by atoms with Crippen LogP contribution in [0.1, 0.15) is 28.8 Å². The average Bonchev–Trinajstić information content (AvgIpc) is 3.10. The van der Waals surface area contributed by atoms with Crippen LogP contribution < -0.4 is 4.90 Å². The van der Waals surface area contributed by atoms with E-state index in [0.717, 1.165) is 17.5 Å². The van der Waals surface area contributed by atoms with Crippen LogP contribution in [0, 0.1) is 6.92 Å². The molecule has 0 spiro atoms. The summed E-state index contributed by atoms with van der Waals surface area (Å²) in [6.45, 7) is 2.85. The topological polar surface area (TPSA) is 40.5 Å². The van der Waals surface area contributed by atoms with Gasteiger partial charge in [-0.05, 0) is 43.5 Å². The van der Waals surface area contributed by atoms with Crippen LogP contribution in [-0.4, -0.2) is 30.6 Å². The number of aldehydes is 1. The maximum absolute atomic E-state index is 10.7. The molecule has 1 saturated carbocycles. The zero-order chi connectivity index (χ0) is 11.5. The number of aryl methyl sites for hydroxylation is 1. The first kappa shape index (κ1) is 11.1. The number of nitrogens with zero attached hydrogens (tertiary/aromatic N) is 1. The number of carbonyl (C=O) groups is 1. The fourth-order valence-corrected chi connectivity index (χ4v) is 2.07. The van der Waals surface area contributed by atoms with E-state index in [1.807, 2.05) is 25.1 Å². The molecule has 3 heteroatoms. The van der Waals surface area contributed by atoms with Gasteiger partial charge in [0, 0.05) is 23.8 Å². The summed E-state index contributed by atoms with van der Waals surface area (Å²) in [6, 6.07) is 6.29. The first-order valence-electron chi connectivity index (χ1n) is 5.69. The maximum atomic E-state index is 10.7. The molecule has 0 radical (unpaired) electrons. The van der Waals surface area contributed by atoms with Crippen LogP contribution in [0.4, 0.5) is 5.69 Å². The zero-order valence-corrected chi connectivity index (χ0v) is 9.52. The van der Waals surface area contributed by atoms with Crippen molar-refractivity contribution in [1.29, 1.82) is 0 Å². The molecule has 16 heavy (non-hydrogen) atoms. The fourth-order valence-electron chi connectivity index (χ4n) is 2.07. The number of aliphatic hydroxyl groups excluding tert-OH is 1. The summed E-state index contributed by atoms with van der Waals surface area (Å²) in [5, 5.41) is 9.07. The average molecular weight is 219 g/mol. The van der Waals surface area contributed by atoms with Crippen molar-refractivity contribution in [3.05, 3.63) is 29.3 Å². The van der Waals surface area contributed by atoms with E-state index in [1.54, 1.807) is 0 Å². The van der Waals surface area contributed by atoms with Gasteiger partial charge in [-0.3, -0.25) is 4.79 Å². The number of hydrogen-bond donors (Lipinski definition) is 1. The first-order chi connectivity index (χ1) is 7.76. The lowest BCUT2D eigenvalue weighted by Crippen LogP contribution is -2.29. The molecular weight excluding hydrogens is 202 g/mol. The van der Waals surface area contributed by atoms with E-state index in [1.165, 1.54) is 12.8 Å².